The second-order valence-corrected chi connectivity index (χ2v) is 1.55. The Kier molecular flexibility index (Phi) is 1.44. The van der Waals surface area contributed by atoms with Crippen molar-refractivity contribution in [1.82, 2.24) is 4.98 Å². The zero-order chi connectivity index (χ0) is 6.69. The van der Waals surface area contributed by atoms with Gasteiger partial charge in [-0.1, -0.05) is 0 Å². The van der Waals surface area contributed by atoms with E-state index in [0.29, 0.717) is 0 Å². The van der Waals surface area contributed by atoms with Crippen LogP contribution in [0.5, 0.6) is 0 Å². The quantitative estimate of drug-likeness (QED) is 0.563. The van der Waals surface area contributed by atoms with Crippen molar-refractivity contribution in [1.29, 1.82) is 0 Å². The topological polar surface area (TPSA) is 50.2 Å². The first-order valence-corrected chi connectivity index (χ1v) is 2.44. The van der Waals surface area contributed by atoms with Crippen LogP contribution in [0.25, 0.3) is 0 Å². The van der Waals surface area contributed by atoms with Gasteiger partial charge >= 0.3 is 5.97 Å². The summed E-state index contributed by atoms with van der Waals surface area (Å²) in [6.45, 7) is 0. The average molecular weight is 124 g/mol. The highest BCUT2D eigenvalue weighted by Gasteiger charge is 1.97. The predicted molar refractivity (Wildman–Crippen MR) is 31.2 cm³/mol. The summed E-state index contributed by atoms with van der Waals surface area (Å²) in [5, 5.41) is 8.34. The van der Waals surface area contributed by atoms with Crippen molar-refractivity contribution in [3.05, 3.63) is 30.1 Å². The van der Waals surface area contributed by atoms with Crippen molar-refractivity contribution >= 4 is 5.97 Å². The van der Waals surface area contributed by atoms with E-state index in [1.54, 1.807) is 6.07 Å². The zero-order valence-electron chi connectivity index (χ0n) is 4.61. The van der Waals surface area contributed by atoms with Gasteiger partial charge in [0.2, 0.25) is 0 Å². The van der Waals surface area contributed by atoms with E-state index in [4.69, 9.17) is 5.11 Å². The summed E-state index contributed by atoms with van der Waals surface area (Å²) in [5.74, 6) is -0.942. The van der Waals surface area contributed by atoms with E-state index in [1.807, 2.05) is 0 Å². The molecule has 0 atom stereocenters. The first-order valence-electron chi connectivity index (χ1n) is 2.44. The molecule has 0 unspecified atom stereocenters. The van der Waals surface area contributed by atoms with Gasteiger partial charge in [-0.15, -0.1) is 0 Å². The third-order valence-corrected chi connectivity index (χ3v) is 0.908. The van der Waals surface area contributed by atoms with Crippen LogP contribution >= 0.6 is 0 Å². The van der Waals surface area contributed by atoms with Gasteiger partial charge in [-0.2, -0.15) is 0 Å². The van der Waals surface area contributed by atoms with Crippen LogP contribution in [0.3, 0.4) is 0 Å². The van der Waals surface area contributed by atoms with Gasteiger partial charge in [0.15, 0.2) is 0 Å². The highest BCUT2D eigenvalue weighted by molar-refractivity contribution is 5.86. The molecule has 0 aliphatic carbocycles. The molecule has 0 aromatic carbocycles. The van der Waals surface area contributed by atoms with Crippen molar-refractivity contribution in [2.75, 3.05) is 0 Å². The van der Waals surface area contributed by atoms with Crippen LogP contribution in [0.4, 0.5) is 0 Å². The Morgan fingerprint density at radius 1 is 1.67 bits per heavy atom. The smallest absolute Gasteiger partial charge is 0.337 e. The minimum absolute atomic E-state index is 0.220. The number of nitrogens with zero attached hydrogens (tertiary/aromatic N) is 1. The van der Waals surface area contributed by atoms with E-state index in [-0.39, 0.29) is 5.56 Å². The largest absolute Gasteiger partial charge is 0.478 e. The fraction of sp³-hybridized carbons (Fsp3) is 0. The fourth-order valence-corrected chi connectivity index (χ4v) is 0.489. The summed E-state index contributed by atoms with van der Waals surface area (Å²) in [7, 11) is 0. The highest BCUT2D eigenvalue weighted by atomic mass is 16.5. The van der Waals surface area contributed by atoms with E-state index in [9.17, 15) is 4.79 Å². The van der Waals surface area contributed by atoms with Crippen molar-refractivity contribution in [2.45, 2.75) is 0 Å². The molecule has 46 valence electrons. The number of carboxylic acids is 1. The number of carbonyl (C=O) groups is 1. The summed E-state index contributed by atoms with van der Waals surface area (Å²) in [4.78, 5) is 13.8. The van der Waals surface area contributed by atoms with Crippen LogP contribution in [0, 0.1) is 0 Å². The molecule has 0 radical (unpaired) electrons. The van der Waals surface area contributed by atoms with Gasteiger partial charge in [0, 0.05) is 12.4 Å². The molecule has 0 fully saturated rings. The third-order valence-electron chi connectivity index (χ3n) is 0.908. The lowest BCUT2D eigenvalue weighted by molar-refractivity contribution is 0.0696. The van der Waals surface area contributed by atoms with Crippen LogP contribution in [0.1, 0.15) is 10.4 Å². The average Bonchev–Trinajstić information content (AvgIpc) is 1.90. The van der Waals surface area contributed by atoms with Gasteiger partial charge in [0.1, 0.15) is 0 Å². The third kappa shape index (κ3) is 1.25. The first-order chi connectivity index (χ1) is 4.30. The number of hydrogen-bond donors (Lipinski definition) is 1. The Hall–Kier alpha value is -1.38. The van der Waals surface area contributed by atoms with Crippen LogP contribution in [0.15, 0.2) is 24.5 Å². The zero-order valence-corrected chi connectivity index (χ0v) is 4.61. The number of hydrogen-bond acceptors (Lipinski definition) is 2. The lowest BCUT2D eigenvalue weighted by Crippen LogP contribution is -1.94. The number of carboxylic acid groups (broad SMARTS) is 1. The molecule has 1 aromatic rings. The lowest BCUT2D eigenvalue weighted by atomic mass is 10.4. The first kappa shape index (κ1) is 5.75. The van der Waals surface area contributed by atoms with Crippen LogP contribution in [0.2, 0.25) is 0 Å². The molecule has 0 saturated carbocycles. The molecule has 3 nitrogen and oxygen atoms in total. The standard InChI is InChI=1S/C6H5NO2/c8-6(9)5-2-1-3-7-4-5/h1-4H,(H,8,9)/i6+1. The molecule has 1 aromatic heterocycles. The van der Waals surface area contributed by atoms with Crippen molar-refractivity contribution < 1.29 is 9.90 Å². The minimum Gasteiger partial charge on any atom is -0.478 e. The molecule has 0 amide bonds. The Balaban J connectivity index is 2.98. The highest BCUT2D eigenvalue weighted by Crippen LogP contribution is 1.92. The van der Waals surface area contributed by atoms with Crippen molar-refractivity contribution in [2.24, 2.45) is 0 Å². The van der Waals surface area contributed by atoms with Gasteiger partial charge < -0.3 is 5.11 Å². The predicted octanol–water partition coefficient (Wildman–Crippen LogP) is 0.780. The number of aromatic carboxylic acids is 1. The van der Waals surface area contributed by atoms with Gasteiger partial charge in [0.05, 0.1) is 5.56 Å². The second-order valence-electron chi connectivity index (χ2n) is 1.55. The molecular weight excluding hydrogens is 119 g/mol. The molecule has 1 heterocycles. The van der Waals surface area contributed by atoms with E-state index >= 15 is 0 Å². The molecule has 9 heavy (non-hydrogen) atoms. The Morgan fingerprint density at radius 3 is 2.78 bits per heavy atom. The van der Waals surface area contributed by atoms with E-state index in [1.165, 1.54) is 18.5 Å². The normalized spacial score (nSPS) is 8.89. The lowest BCUT2D eigenvalue weighted by Gasteiger charge is -1.87. The van der Waals surface area contributed by atoms with Crippen LogP contribution in [-0.4, -0.2) is 16.1 Å². The fourth-order valence-electron chi connectivity index (χ4n) is 0.489. The molecule has 0 spiro atoms. The summed E-state index contributed by atoms with van der Waals surface area (Å²) in [6.07, 6.45) is 2.84. The molecule has 1 rings (SSSR count). The van der Waals surface area contributed by atoms with Crippen LogP contribution < -0.4 is 0 Å². The SMILES string of the molecule is O=[13C](O)c1cccnc1. The maximum atomic E-state index is 10.2. The summed E-state index contributed by atoms with van der Waals surface area (Å²) in [5.41, 5.74) is 0.220. The van der Waals surface area contributed by atoms with Crippen molar-refractivity contribution in [3.63, 3.8) is 0 Å². The molecule has 0 aliphatic rings. The maximum Gasteiger partial charge on any atom is 0.337 e. The number of rotatable bonds is 1. The number of pyridine rings is 1. The second kappa shape index (κ2) is 2.26. The van der Waals surface area contributed by atoms with Gasteiger partial charge in [-0.05, 0) is 12.1 Å². The Morgan fingerprint density at radius 2 is 2.44 bits per heavy atom. The van der Waals surface area contributed by atoms with E-state index in [0.717, 1.165) is 0 Å². The van der Waals surface area contributed by atoms with Gasteiger partial charge in [-0.3, -0.25) is 4.98 Å². The molecule has 0 bridgehead atoms. The monoisotopic (exact) mass is 124 g/mol. The molecule has 0 saturated heterocycles. The van der Waals surface area contributed by atoms with Gasteiger partial charge in [0.25, 0.3) is 0 Å². The van der Waals surface area contributed by atoms with E-state index in [2.05, 4.69) is 4.98 Å². The number of aromatic nitrogens is 1. The summed E-state index contributed by atoms with van der Waals surface area (Å²) < 4.78 is 0. The Bertz CT molecular complexity index is 208. The Labute approximate surface area is 52.0 Å². The van der Waals surface area contributed by atoms with Crippen molar-refractivity contribution in [3.8, 4) is 0 Å². The molecular formula is C6H5NO2. The molecule has 0 aliphatic heterocycles. The maximum absolute atomic E-state index is 10.2. The molecule has 1 N–H and O–H groups in total. The van der Waals surface area contributed by atoms with Gasteiger partial charge in [-0.25, -0.2) is 4.79 Å². The molecule has 3 heteroatoms. The summed E-state index contributed by atoms with van der Waals surface area (Å²) >= 11 is 0. The van der Waals surface area contributed by atoms with E-state index < -0.39 is 5.97 Å². The minimum atomic E-state index is -0.942. The summed E-state index contributed by atoms with van der Waals surface area (Å²) in [6, 6.07) is 3.08. The van der Waals surface area contributed by atoms with Crippen LogP contribution in [-0.2, 0) is 0 Å².